The number of methoxy groups -OCH3 is 2. The zero-order valence-electron chi connectivity index (χ0n) is 15.0. The standard InChI is InChI=1S/C18H19NO7S/c1-11(17(20)12-4-7-14(24-2)8-5-12)26-18(21)13-6-9-15(25-3)16(10-13)27(19,22)23/h4-11H,1-3H3,(H2,19,22,23)/t11-/m0/s1. The fraction of sp³-hybridized carbons (Fsp3) is 0.222. The predicted molar refractivity (Wildman–Crippen MR) is 96.6 cm³/mol. The number of ketones is 1. The van der Waals surface area contributed by atoms with E-state index >= 15 is 0 Å². The normalized spacial score (nSPS) is 12.1. The molecule has 0 radical (unpaired) electrons. The third kappa shape index (κ3) is 4.83. The van der Waals surface area contributed by atoms with Crippen LogP contribution in [0.4, 0.5) is 0 Å². The Morgan fingerprint density at radius 2 is 1.56 bits per heavy atom. The highest BCUT2D eigenvalue weighted by atomic mass is 32.2. The van der Waals surface area contributed by atoms with Gasteiger partial charge in [-0.15, -0.1) is 0 Å². The Bertz CT molecular complexity index is 952. The molecule has 0 aromatic heterocycles. The minimum Gasteiger partial charge on any atom is -0.497 e. The number of primary sulfonamides is 1. The zero-order chi connectivity index (χ0) is 20.2. The van der Waals surface area contributed by atoms with Crippen LogP contribution < -0.4 is 14.6 Å². The fourth-order valence-electron chi connectivity index (χ4n) is 2.30. The van der Waals surface area contributed by atoms with E-state index in [9.17, 15) is 18.0 Å². The number of rotatable bonds is 7. The molecule has 2 aromatic carbocycles. The number of sulfonamides is 1. The van der Waals surface area contributed by atoms with E-state index in [4.69, 9.17) is 19.3 Å². The highest BCUT2D eigenvalue weighted by Crippen LogP contribution is 2.24. The van der Waals surface area contributed by atoms with Gasteiger partial charge < -0.3 is 14.2 Å². The molecule has 9 heteroatoms. The quantitative estimate of drug-likeness (QED) is 0.562. The summed E-state index contributed by atoms with van der Waals surface area (Å²) in [6.07, 6.45) is -1.08. The third-order valence-corrected chi connectivity index (χ3v) is 4.67. The Hall–Kier alpha value is -2.91. The number of Topliss-reactive ketones (excluding diaryl/α,β-unsaturated/α-hetero) is 1. The highest BCUT2D eigenvalue weighted by molar-refractivity contribution is 7.89. The average Bonchev–Trinajstić information content (AvgIpc) is 2.66. The molecule has 0 aliphatic rings. The van der Waals surface area contributed by atoms with Gasteiger partial charge in [0.15, 0.2) is 6.10 Å². The van der Waals surface area contributed by atoms with Crippen molar-refractivity contribution in [3.05, 3.63) is 53.6 Å². The SMILES string of the molecule is COc1ccc(C(=O)[C@H](C)OC(=O)c2ccc(OC)c(S(N)(=O)=O)c2)cc1. The lowest BCUT2D eigenvalue weighted by Crippen LogP contribution is -2.24. The summed E-state index contributed by atoms with van der Waals surface area (Å²) < 4.78 is 38.4. The fourth-order valence-corrected chi connectivity index (χ4v) is 3.02. The van der Waals surface area contributed by atoms with Gasteiger partial charge in [0.05, 0.1) is 19.8 Å². The predicted octanol–water partition coefficient (Wildman–Crippen LogP) is 1.78. The number of hydrogen-bond acceptors (Lipinski definition) is 7. The Balaban J connectivity index is 2.19. The number of carbonyl (C=O) groups is 2. The van der Waals surface area contributed by atoms with Crippen LogP contribution in [0.2, 0.25) is 0 Å². The van der Waals surface area contributed by atoms with Crippen LogP contribution in [0.5, 0.6) is 11.5 Å². The molecule has 0 heterocycles. The Labute approximate surface area is 156 Å². The molecule has 0 aliphatic heterocycles. The van der Waals surface area contributed by atoms with E-state index in [0.717, 1.165) is 6.07 Å². The Morgan fingerprint density at radius 3 is 2.07 bits per heavy atom. The van der Waals surface area contributed by atoms with E-state index in [1.54, 1.807) is 24.3 Å². The van der Waals surface area contributed by atoms with Crippen LogP contribution in [0.15, 0.2) is 47.4 Å². The van der Waals surface area contributed by atoms with Crippen molar-refractivity contribution in [3.63, 3.8) is 0 Å². The number of benzene rings is 2. The van der Waals surface area contributed by atoms with Gasteiger partial charge in [0, 0.05) is 5.56 Å². The van der Waals surface area contributed by atoms with Crippen molar-refractivity contribution in [3.8, 4) is 11.5 Å². The second kappa shape index (κ2) is 8.19. The molecule has 27 heavy (non-hydrogen) atoms. The lowest BCUT2D eigenvalue weighted by molar-refractivity contribution is 0.0318. The van der Waals surface area contributed by atoms with E-state index in [0.29, 0.717) is 11.3 Å². The maximum Gasteiger partial charge on any atom is 0.338 e. The van der Waals surface area contributed by atoms with Crippen LogP contribution in [0, 0.1) is 0 Å². The molecule has 2 aromatic rings. The molecule has 0 spiro atoms. The van der Waals surface area contributed by atoms with Crippen molar-refractivity contribution < 1.29 is 32.2 Å². The average molecular weight is 393 g/mol. The molecule has 0 unspecified atom stereocenters. The van der Waals surface area contributed by atoms with Crippen LogP contribution in [-0.4, -0.2) is 40.5 Å². The number of ether oxygens (including phenoxy) is 3. The Kier molecular flexibility index (Phi) is 6.19. The number of carbonyl (C=O) groups excluding carboxylic acids is 2. The molecule has 0 fully saturated rings. The lowest BCUT2D eigenvalue weighted by Gasteiger charge is -2.14. The number of hydrogen-bond donors (Lipinski definition) is 1. The zero-order valence-corrected chi connectivity index (χ0v) is 15.8. The van der Waals surface area contributed by atoms with Gasteiger partial charge in [0.1, 0.15) is 16.4 Å². The molecule has 2 rings (SSSR count). The lowest BCUT2D eigenvalue weighted by atomic mass is 10.1. The first-order chi connectivity index (χ1) is 12.7. The van der Waals surface area contributed by atoms with Gasteiger partial charge in [-0.3, -0.25) is 4.79 Å². The first-order valence-corrected chi connectivity index (χ1v) is 9.32. The summed E-state index contributed by atoms with van der Waals surface area (Å²) in [6.45, 7) is 1.43. The van der Waals surface area contributed by atoms with Crippen molar-refractivity contribution in [2.24, 2.45) is 5.14 Å². The van der Waals surface area contributed by atoms with Crippen molar-refractivity contribution >= 4 is 21.8 Å². The minimum atomic E-state index is -4.11. The van der Waals surface area contributed by atoms with Crippen molar-refractivity contribution in [1.82, 2.24) is 0 Å². The molecule has 1 atom stereocenters. The van der Waals surface area contributed by atoms with Gasteiger partial charge in [-0.25, -0.2) is 18.4 Å². The smallest absolute Gasteiger partial charge is 0.338 e. The first kappa shape index (κ1) is 20.4. The summed E-state index contributed by atoms with van der Waals surface area (Å²) in [5.41, 5.74) is 0.269. The summed E-state index contributed by atoms with van der Waals surface area (Å²) >= 11 is 0. The van der Waals surface area contributed by atoms with Crippen LogP contribution in [0.25, 0.3) is 0 Å². The monoisotopic (exact) mass is 393 g/mol. The van der Waals surface area contributed by atoms with E-state index < -0.39 is 27.9 Å². The number of esters is 1. The summed E-state index contributed by atoms with van der Waals surface area (Å²) in [7, 11) is -1.33. The Morgan fingerprint density at radius 1 is 0.963 bits per heavy atom. The third-order valence-electron chi connectivity index (χ3n) is 3.73. The second-order valence-corrected chi connectivity index (χ2v) is 7.08. The minimum absolute atomic E-state index is 0.00333. The van der Waals surface area contributed by atoms with Crippen molar-refractivity contribution in [1.29, 1.82) is 0 Å². The maximum atomic E-state index is 12.4. The molecule has 0 saturated carbocycles. The van der Waals surface area contributed by atoms with Crippen LogP contribution >= 0.6 is 0 Å². The van der Waals surface area contributed by atoms with Gasteiger partial charge in [-0.1, -0.05) is 0 Å². The van der Waals surface area contributed by atoms with E-state index in [1.165, 1.54) is 33.3 Å². The second-order valence-electron chi connectivity index (χ2n) is 5.55. The van der Waals surface area contributed by atoms with Gasteiger partial charge in [0.2, 0.25) is 15.8 Å². The van der Waals surface area contributed by atoms with E-state index in [1.807, 2.05) is 0 Å². The molecule has 0 aliphatic carbocycles. The molecular formula is C18H19NO7S. The van der Waals surface area contributed by atoms with Crippen LogP contribution in [0.3, 0.4) is 0 Å². The van der Waals surface area contributed by atoms with E-state index in [2.05, 4.69) is 0 Å². The number of nitrogens with two attached hydrogens (primary N) is 1. The summed E-state index contributed by atoms with van der Waals surface area (Å²) in [5, 5.41) is 5.13. The van der Waals surface area contributed by atoms with E-state index in [-0.39, 0.29) is 16.2 Å². The highest BCUT2D eigenvalue weighted by Gasteiger charge is 2.23. The largest absolute Gasteiger partial charge is 0.497 e. The van der Waals surface area contributed by atoms with Gasteiger partial charge in [-0.2, -0.15) is 0 Å². The molecule has 0 saturated heterocycles. The van der Waals surface area contributed by atoms with Crippen molar-refractivity contribution in [2.45, 2.75) is 17.9 Å². The van der Waals surface area contributed by atoms with Crippen LogP contribution in [0.1, 0.15) is 27.6 Å². The summed E-state index contributed by atoms with van der Waals surface area (Å²) in [6, 6.07) is 9.98. The maximum absolute atomic E-state index is 12.4. The molecular weight excluding hydrogens is 374 g/mol. The van der Waals surface area contributed by atoms with Gasteiger partial charge >= 0.3 is 5.97 Å². The molecule has 2 N–H and O–H groups in total. The van der Waals surface area contributed by atoms with Crippen molar-refractivity contribution in [2.75, 3.05) is 14.2 Å². The summed E-state index contributed by atoms with van der Waals surface area (Å²) in [4.78, 5) is 24.3. The van der Waals surface area contributed by atoms with Gasteiger partial charge in [-0.05, 0) is 49.4 Å². The molecule has 144 valence electrons. The molecule has 0 bridgehead atoms. The van der Waals surface area contributed by atoms with Crippen LogP contribution in [-0.2, 0) is 14.8 Å². The molecule has 8 nitrogen and oxygen atoms in total. The summed E-state index contributed by atoms with van der Waals surface area (Å²) in [5.74, 6) is -0.690. The topological polar surface area (TPSA) is 122 Å². The first-order valence-electron chi connectivity index (χ1n) is 7.77. The molecule has 0 amide bonds. The van der Waals surface area contributed by atoms with Gasteiger partial charge in [0.25, 0.3) is 0 Å².